The monoisotopic (exact) mass is 526 g/mol. The fourth-order valence-corrected chi connectivity index (χ4v) is 4.85. The summed E-state index contributed by atoms with van der Waals surface area (Å²) >= 11 is 12.1. The van der Waals surface area contributed by atoms with Crippen molar-refractivity contribution < 1.29 is 19.4 Å². The fourth-order valence-electron chi connectivity index (χ4n) is 4.29. The molecule has 8 heteroatoms. The Balaban J connectivity index is 1.27. The first-order valence-electron chi connectivity index (χ1n) is 12.0. The van der Waals surface area contributed by atoms with Crippen LogP contribution in [0.15, 0.2) is 54.6 Å². The Kier molecular flexibility index (Phi) is 8.97. The molecule has 36 heavy (non-hydrogen) atoms. The van der Waals surface area contributed by atoms with Gasteiger partial charge in [0, 0.05) is 24.2 Å². The van der Waals surface area contributed by atoms with Gasteiger partial charge in [-0.1, -0.05) is 59.6 Å². The number of aryl methyl sites for hydroxylation is 2. The quantitative estimate of drug-likeness (QED) is 0.343. The van der Waals surface area contributed by atoms with Gasteiger partial charge >= 0.3 is 5.97 Å². The van der Waals surface area contributed by atoms with Crippen LogP contribution in [0.25, 0.3) is 0 Å². The van der Waals surface area contributed by atoms with E-state index in [2.05, 4.69) is 17.4 Å². The van der Waals surface area contributed by atoms with Crippen LogP contribution in [-0.4, -0.2) is 34.6 Å². The number of hydrogen-bond acceptors (Lipinski definition) is 4. The molecule has 2 N–H and O–H groups in total. The molecule has 2 aromatic carbocycles. The van der Waals surface area contributed by atoms with E-state index in [1.807, 2.05) is 24.3 Å². The molecule has 1 unspecified atom stereocenters. The molecule has 0 radical (unpaired) electrons. The standard InChI is InChI=1S/C28H28Cl2N2O4/c29-22-5-3-6-23(30)26(22)27(33)32-25(28(34)35)16-18-8-10-19(11-9-18)17-36-15-14-21-13-12-20-4-1-2-7-24(20)31-21/h3,5-6,8-13,25H,1-2,4,7,14-17H2,(H,32,33)(H,34,35). The number of rotatable bonds is 10. The highest BCUT2D eigenvalue weighted by molar-refractivity contribution is 6.39. The predicted octanol–water partition coefficient (Wildman–Crippen LogP) is 5.45. The highest BCUT2D eigenvalue weighted by Gasteiger charge is 2.23. The summed E-state index contributed by atoms with van der Waals surface area (Å²) < 4.78 is 5.83. The number of pyridine rings is 1. The van der Waals surface area contributed by atoms with E-state index in [1.165, 1.54) is 36.2 Å². The van der Waals surface area contributed by atoms with E-state index < -0.39 is 17.9 Å². The number of nitrogens with one attached hydrogen (secondary N) is 1. The van der Waals surface area contributed by atoms with E-state index in [4.69, 9.17) is 32.9 Å². The van der Waals surface area contributed by atoms with Crippen LogP contribution in [0.2, 0.25) is 10.0 Å². The van der Waals surface area contributed by atoms with Gasteiger partial charge in [0.25, 0.3) is 5.91 Å². The number of amides is 1. The van der Waals surface area contributed by atoms with Gasteiger partial charge in [-0.3, -0.25) is 9.78 Å². The number of carbonyl (C=O) groups is 2. The minimum absolute atomic E-state index is 0.0603. The smallest absolute Gasteiger partial charge is 0.326 e. The van der Waals surface area contributed by atoms with Crippen molar-refractivity contribution in [3.05, 3.63) is 98.3 Å². The van der Waals surface area contributed by atoms with Crippen molar-refractivity contribution in [2.75, 3.05) is 6.61 Å². The average molecular weight is 527 g/mol. The third-order valence-electron chi connectivity index (χ3n) is 6.26. The van der Waals surface area contributed by atoms with Crippen LogP contribution in [0.5, 0.6) is 0 Å². The maximum absolute atomic E-state index is 12.6. The molecular formula is C28H28Cl2N2O4. The molecule has 0 saturated heterocycles. The summed E-state index contributed by atoms with van der Waals surface area (Å²) in [6, 6.07) is 15.3. The van der Waals surface area contributed by atoms with E-state index in [0.717, 1.165) is 36.1 Å². The molecule has 0 bridgehead atoms. The normalized spacial score (nSPS) is 13.6. The van der Waals surface area contributed by atoms with Crippen LogP contribution in [0.1, 0.15) is 51.3 Å². The first kappa shape index (κ1) is 26.1. The minimum Gasteiger partial charge on any atom is -0.480 e. The first-order chi connectivity index (χ1) is 17.4. The number of benzene rings is 2. The van der Waals surface area contributed by atoms with Crippen LogP contribution in [-0.2, 0) is 41.8 Å². The number of carboxylic acid groups (broad SMARTS) is 1. The summed E-state index contributed by atoms with van der Waals surface area (Å²) in [7, 11) is 0. The lowest BCUT2D eigenvalue weighted by Crippen LogP contribution is -2.42. The van der Waals surface area contributed by atoms with Crippen LogP contribution in [0, 0.1) is 0 Å². The Hall–Kier alpha value is -2.93. The first-order valence-corrected chi connectivity index (χ1v) is 12.8. The van der Waals surface area contributed by atoms with Gasteiger partial charge in [0.2, 0.25) is 0 Å². The van der Waals surface area contributed by atoms with Gasteiger partial charge in [-0.25, -0.2) is 4.79 Å². The number of fused-ring (bicyclic) bond motifs is 1. The van der Waals surface area contributed by atoms with Gasteiger partial charge in [0.05, 0.1) is 28.8 Å². The van der Waals surface area contributed by atoms with Gasteiger partial charge < -0.3 is 15.2 Å². The fraction of sp³-hybridized carbons (Fsp3) is 0.321. The number of carboxylic acids is 1. The molecule has 1 amide bonds. The van der Waals surface area contributed by atoms with Crippen LogP contribution >= 0.6 is 23.2 Å². The number of nitrogens with zero attached hydrogens (tertiary/aromatic N) is 1. The maximum Gasteiger partial charge on any atom is 0.326 e. The van der Waals surface area contributed by atoms with Crippen LogP contribution in [0.4, 0.5) is 0 Å². The van der Waals surface area contributed by atoms with Gasteiger partial charge in [0.1, 0.15) is 6.04 Å². The Morgan fingerprint density at radius 2 is 1.67 bits per heavy atom. The molecule has 0 fully saturated rings. The highest BCUT2D eigenvalue weighted by atomic mass is 35.5. The molecule has 0 aliphatic heterocycles. The van der Waals surface area contributed by atoms with Gasteiger partial charge in [-0.2, -0.15) is 0 Å². The Morgan fingerprint density at radius 1 is 0.972 bits per heavy atom. The number of hydrogen-bond donors (Lipinski definition) is 2. The SMILES string of the molecule is O=C(NC(Cc1ccc(COCCc2ccc3c(n2)CCCC3)cc1)C(=O)O)c1c(Cl)cccc1Cl. The lowest BCUT2D eigenvalue weighted by molar-refractivity contribution is -0.139. The summed E-state index contributed by atoms with van der Waals surface area (Å²) in [5, 5.41) is 12.5. The second-order valence-electron chi connectivity index (χ2n) is 8.90. The van der Waals surface area contributed by atoms with Crippen LogP contribution < -0.4 is 5.32 Å². The van der Waals surface area contributed by atoms with Crippen molar-refractivity contribution in [2.45, 2.75) is 51.2 Å². The van der Waals surface area contributed by atoms with E-state index in [1.54, 1.807) is 6.07 Å². The summed E-state index contributed by atoms with van der Waals surface area (Å²) in [5.41, 5.74) is 5.49. The van der Waals surface area contributed by atoms with Crippen molar-refractivity contribution in [3.63, 3.8) is 0 Å². The second kappa shape index (κ2) is 12.3. The predicted molar refractivity (Wildman–Crippen MR) is 140 cm³/mol. The average Bonchev–Trinajstić information content (AvgIpc) is 2.87. The maximum atomic E-state index is 12.6. The summed E-state index contributed by atoms with van der Waals surface area (Å²) in [6.45, 7) is 1.03. The van der Waals surface area contributed by atoms with Gasteiger partial charge in [0.15, 0.2) is 0 Å². The Bertz CT molecular complexity index is 1210. The number of aliphatic carboxylic acids is 1. The molecule has 6 nitrogen and oxygen atoms in total. The summed E-state index contributed by atoms with van der Waals surface area (Å²) in [4.78, 5) is 29.2. The summed E-state index contributed by atoms with van der Waals surface area (Å²) in [6.07, 6.45) is 5.54. The zero-order chi connectivity index (χ0) is 25.5. The van der Waals surface area contributed by atoms with E-state index in [-0.39, 0.29) is 22.0 Å². The molecule has 0 spiro atoms. The zero-order valence-electron chi connectivity index (χ0n) is 19.8. The minimum atomic E-state index is -1.14. The zero-order valence-corrected chi connectivity index (χ0v) is 21.3. The molecule has 1 heterocycles. The highest BCUT2D eigenvalue weighted by Crippen LogP contribution is 2.24. The molecular weight excluding hydrogens is 499 g/mol. The Labute approximate surface area is 220 Å². The van der Waals surface area contributed by atoms with Crippen molar-refractivity contribution in [1.82, 2.24) is 10.3 Å². The van der Waals surface area contributed by atoms with Crippen molar-refractivity contribution >= 4 is 35.1 Å². The van der Waals surface area contributed by atoms with E-state index >= 15 is 0 Å². The molecule has 188 valence electrons. The third kappa shape index (κ3) is 6.84. The van der Waals surface area contributed by atoms with Gasteiger partial charge in [-0.15, -0.1) is 0 Å². The molecule has 1 aromatic heterocycles. The molecule has 4 rings (SSSR count). The lowest BCUT2D eigenvalue weighted by Gasteiger charge is -2.16. The van der Waals surface area contributed by atoms with E-state index in [9.17, 15) is 14.7 Å². The number of ether oxygens (including phenoxy) is 1. The van der Waals surface area contributed by atoms with Crippen LogP contribution in [0.3, 0.4) is 0 Å². The lowest BCUT2D eigenvalue weighted by atomic mass is 9.96. The van der Waals surface area contributed by atoms with Gasteiger partial charge in [-0.05, 0) is 60.6 Å². The molecule has 1 aliphatic rings. The summed E-state index contributed by atoms with van der Waals surface area (Å²) in [5.74, 6) is -1.77. The van der Waals surface area contributed by atoms with E-state index in [0.29, 0.717) is 13.2 Å². The Morgan fingerprint density at radius 3 is 2.39 bits per heavy atom. The largest absolute Gasteiger partial charge is 0.480 e. The number of carbonyl (C=O) groups excluding carboxylic acids is 1. The molecule has 1 aliphatic carbocycles. The molecule has 0 saturated carbocycles. The van der Waals surface area contributed by atoms with Crippen molar-refractivity contribution in [3.8, 4) is 0 Å². The number of aromatic nitrogens is 1. The molecule has 1 atom stereocenters. The van der Waals surface area contributed by atoms with Crippen molar-refractivity contribution in [2.24, 2.45) is 0 Å². The second-order valence-corrected chi connectivity index (χ2v) is 9.71. The third-order valence-corrected chi connectivity index (χ3v) is 6.89. The topological polar surface area (TPSA) is 88.5 Å². The number of halogens is 2. The molecule has 3 aromatic rings. The van der Waals surface area contributed by atoms with Crippen molar-refractivity contribution in [1.29, 1.82) is 0 Å².